The van der Waals surface area contributed by atoms with E-state index >= 15 is 0 Å². The monoisotopic (exact) mass is 454 g/mol. The number of hydrogen-bond acceptors (Lipinski definition) is 7. The molecule has 7 nitrogen and oxygen atoms in total. The van der Waals surface area contributed by atoms with Gasteiger partial charge in [0.2, 0.25) is 11.8 Å². The summed E-state index contributed by atoms with van der Waals surface area (Å²) < 4.78 is 5.97. The standard InChI is InChI=1S/C24H30N4O3S/c1-4-32-21(19-12-5-6-13-20(19)29)24-27-26-23(31-24)18-11-9-10-17(16-18)22(30)25-14-7-8-15-28(2)3/h5-6,9-13,16,21,29H,4,7-8,14-15H2,1-3H3,(H,25,30). The molecule has 0 aliphatic heterocycles. The molecule has 32 heavy (non-hydrogen) atoms. The van der Waals surface area contributed by atoms with Crippen LogP contribution in [0.25, 0.3) is 11.5 Å². The average Bonchev–Trinajstić information content (AvgIpc) is 3.28. The summed E-state index contributed by atoms with van der Waals surface area (Å²) in [5.41, 5.74) is 1.97. The van der Waals surface area contributed by atoms with Gasteiger partial charge in [0.05, 0.1) is 0 Å². The molecular weight excluding hydrogens is 424 g/mol. The number of phenolic OH excluding ortho intramolecular Hbond substituents is 1. The topological polar surface area (TPSA) is 91.5 Å². The Labute approximate surface area is 193 Å². The highest BCUT2D eigenvalue weighted by molar-refractivity contribution is 7.99. The van der Waals surface area contributed by atoms with E-state index in [2.05, 4.69) is 20.4 Å². The second kappa shape index (κ2) is 11.7. The number of thioether (sulfide) groups is 1. The van der Waals surface area contributed by atoms with Gasteiger partial charge in [-0.3, -0.25) is 4.79 Å². The first-order chi connectivity index (χ1) is 15.5. The summed E-state index contributed by atoms with van der Waals surface area (Å²) in [4.78, 5) is 14.7. The molecule has 0 saturated carbocycles. The predicted octanol–water partition coefficient (Wildman–Crippen LogP) is 4.36. The molecule has 1 amide bonds. The van der Waals surface area contributed by atoms with E-state index in [1.807, 2.05) is 45.3 Å². The molecule has 0 aliphatic rings. The first kappa shape index (κ1) is 23.8. The molecule has 1 aromatic heterocycles. The van der Waals surface area contributed by atoms with E-state index in [4.69, 9.17) is 4.42 Å². The van der Waals surface area contributed by atoms with Crippen LogP contribution in [0.3, 0.4) is 0 Å². The van der Waals surface area contributed by atoms with E-state index in [0.29, 0.717) is 29.5 Å². The van der Waals surface area contributed by atoms with Crippen molar-refractivity contribution in [2.75, 3.05) is 32.9 Å². The number of unbranched alkanes of at least 4 members (excludes halogenated alkanes) is 1. The highest BCUT2D eigenvalue weighted by atomic mass is 32.2. The lowest BCUT2D eigenvalue weighted by atomic mass is 10.1. The van der Waals surface area contributed by atoms with Gasteiger partial charge in [-0.1, -0.05) is 31.2 Å². The van der Waals surface area contributed by atoms with Crippen molar-refractivity contribution in [2.45, 2.75) is 25.0 Å². The Morgan fingerprint density at radius 2 is 1.97 bits per heavy atom. The molecular formula is C24H30N4O3S. The number of nitrogens with one attached hydrogen (secondary N) is 1. The lowest BCUT2D eigenvalue weighted by molar-refractivity contribution is 0.0953. The first-order valence-corrected chi connectivity index (χ1v) is 11.8. The van der Waals surface area contributed by atoms with Crippen LogP contribution in [-0.4, -0.2) is 59.0 Å². The number of para-hydroxylation sites is 1. The van der Waals surface area contributed by atoms with Crippen LogP contribution in [0.4, 0.5) is 0 Å². The fourth-order valence-electron chi connectivity index (χ4n) is 3.28. The van der Waals surface area contributed by atoms with Crippen LogP contribution in [0.1, 0.15) is 46.8 Å². The van der Waals surface area contributed by atoms with Crippen LogP contribution >= 0.6 is 11.8 Å². The largest absolute Gasteiger partial charge is 0.508 e. The highest BCUT2D eigenvalue weighted by Gasteiger charge is 2.24. The van der Waals surface area contributed by atoms with Gasteiger partial charge in [-0.25, -0.2) is 0 Å². The van der Waals surface area contributed by atoms with Crippen molar-refractivity contribution in [3.63, 3.8) is 0 Å². The van der Waals surface area contributed by atoms with Crippen LogP contribution in [-0.2, 0) is 0 Å². The molecule has 2 N–H and O–H groups in total. The van der Waals surface area contributed by atoms with Crippen LogP contribution in [0.15, 0.2) is 52.9 Å². The van der Waals surface area contributed by atoms with Crippen molar-refractivity contribution in [3.05, 3.63) is 65.5 Å². The van der Waals surface area contributed by atoms with E-state index in [1.165, 1.54) is 0 Å². The summed E-state index contributed by atoms with van der Waals surface area (Å²) in [6.07, 6.45) is 1.96. The fourth-order valence-corrected chi connectivity index (χ4v) is 4.23. The minimum atomic E-state index is -0.268. The molecule has 0 radical (unpaired) electrons. The molecule has 1 heterocycles. The number of phenols is 1. The lowest BCUT2D eigenvalue weighted by Gasteiger charge is -2.13. The molecule has 2 aromatic carbocycles. The molecule has 0 fully saturated rings. The van der Waals surface area contributed by atoms with Gasteiger partial charge in [0.15, 0.2) is 0 Å². The summed E-state index contributed by atoms with van der Waals surface area (Å²) in [6.45, 7) is 3.68. The second-order valence-electron chi connectivity index (χ2n) is 7.69. The van der Waals surface area contributed by atoms with E-state index in [9.17, 15) is 9.90 Å². The second-order valence-corrected chi connectivity index (χ2v) is 9.07. The number of carbonyl (C=O) groups is 1. The van der Waals surface area contributed by atoms with Crippen molar-refractivity contribution < 1.29 is 14.3 Å². The van der Waals surface area contributed by atoms with Crippen LogP contribution in [0.2, 0.25) is 0 Å². The molecule has 8 heteroatoms. The Kier molecular flexibility index (Phi) is 8.70. The van der Waals surface area contributed by atoms with Gasteiger partial charge in [-0.15, -0.1) is 22.0 Å². The molecule has 3 rings (SSSR count). The Balaban J connectivity index is 1.72. The van der Waals surface area contributed by atoms with Crippen molar-refractivity contribution >= 4 is 17.7 Å². The number of rotatable bonds is 11. The molecule has 3 aromatic rings. The zero-order chi connectivity index (χ0) is 22.9. The molecule has 0 bridgehead atoms. The summed E-state index contributed by atoms with van der Waals surface area (Å²) in [5.74, 6) is 1.66. The van der Waals surface area contributed by atoms with Gasteiger partial charge in [0.25, 0.3) is 5.91 Å². The van der Waals surface area contributed by atoms with Gasteiger partial charge >= 0.3 is 0 Å². The maximum atomic E-state index is 12.5. The van der Waals surface area contributed by atoms with Crippen molar-refractivity contribution in [2.24, 2.45) is 0 Å². The first-order valence-electron chi connectivity index (χ1n) is 10.8. The number of carbonyl (C=O) groups excluding carboxylic acids is 1. The molecule has 0 saturated heterocycles. The number of aromatic hydroxyl groups is 1. The lowest BCUT2D eigenvalue weighted by Crippen LogP contribution is -2.25. The Bertz CT molecular complexity index is 1020. The molecule has 0 spiro atoms. The SMILES string of the molecule is CCSC(c1nnc(-c2cccc(C(=O)NCCCCN(C)C)c2)o1)c1ccccc1O. The zero-order valence-corrected chi connectivity index (χ0v) is 19.6. The van der Waals surface area contributed by atoms with Crippen molar-refractivity contribution in [3.8, 4) is 17.2 Å². The zero-order valence-electron chi connectivity index (χ0n) is 18.7. The van der Waals surface area contributed by atoms with Crippen LogP contribution < -0.4 is 5.32 Å². The van der Waals surface area contributed by atoms with E-state index in [-0.39, 0.29) is 16.9 Å². The Morgan fingerprint density at radius 1 is 1.16 bits per heavy atom. The van der Waals surface area contributed by atoms with Gasteiger partial charge in [-0.2, -0.15) is 0 Å². The molecule has 1 atom stereocenters. The number of amides is 1. The third kappa shape index (κ3) is 6.34. The quantitative estimate of drug-likeness (QED) is 0.416. The Hall–Kier alpha value is -2.84. The van der Waals surface area contributed by atoms with Crippen LogP contribution in [0, 0.1) is 0 Å². The summed E-state index contributed by atoms with van der Waals surface area (Å²) in [5, 5.41) is 21.4. The van der Waals surface area contributed by atoms with E-state index in [0.717, 1.165) is 30.7 Å². The smallest absolute Gasteiger partial charge is 0.251 e. The number of aromatic nitrogens is 2. The molecule has 170 valence electrons. The van der Waals surface area contributed by atoms with Crippen molar-refractivity contribution in [1.82, 2.24) is 20.4 Å². The maximum Gasteiger partial charge on any atom is 0.251 e. The molecule has 0 aliphatic carbocycles. The minimum absolute atomic E-state index is 0.120. The van der Waals surface area contributed by atoms with Gasteiger partial charge in [0, 0.05) is 23.2 Å². The van der Waals surface area contributed by atoms with Crippen LogP contribution in [0.5, 0.6) is 5.75 Å². The van der Waals surface area contributed by atoms with Crippen molar-refractivity contribution in [1.29, 1.82) is 0 Å². The van der Waals surface area contributed by atoms with Gasteiger partial charge in [-0.05, 0) is 63.5 Å². The normalized spacial score (nSPS) is 12.1. The number of benzene rings is 2. The average molecular weight is 455 g/mol. The minimum Gasteiger partial charge on any atom is -0.508 e. The predicted molar refractivity (Wildman–Crippen MR) is 128 cm³/mol. The van der Waals surface area contributed by atoms with Gasteiger partial charge in [0.1, 0.15) is 11.0 Å². The van der Waals surface area contributed by atoms with E-state index < -0.39 is 0 Å². The number of hydrogen-bond donors (Lipinski definition) is 2. The highest BCUT2D eigenvalue weighted by Crippen LogP contribution is 2.39. The molecule has 1 unspecified atom stereocenters. The number of nitrogens with zero attached hydrogens (tertiary/aromatic N) is 3. The third-order valence-electron chi connectivity index (χ3n) is 4.91. The maximum absolute atomic E-state index is 12.5. The summed E-state index contributed by atoms with van der Waals surface area (Å²) >= 11 is 1.60. The third-order valence-corrected chi connectivity index (χ3v) is 6.03. The fraction of sp³-hybridized carbons (Fsp3) is 0.375. The Morgan fingerprint density at radius 3 is 2.72 bits per heavy atom. The van der Waals surface area contributed by atoms with E-state index in [1.54, 1.807) is 36.0 Å². The summed E-state index contributed by atoms with van der Waals surface area (Å²) in [6, 6.07) is 14.3. The summed E-state index contributed by atoms with van der Waals surface area (Å²) in [7, 11) is 4.08. The van der Waals surface area contributed by atoms with Gasteiger partial charge < -0.3 is 19.7 Å².